The van der Waals surface area contributed by atoms with Crippen molar-refractivity contribution in [1.82, 2.24) is 14.9 Å². The maximum absolute atomic E-state index is 11.2. The van der Waals surface area contributed by atoms with E-state index in [1.54, 1.807) is 6.07 Å². The zero-order chi connectivity index (χ0) is 12.1. The van der Waals surface area contributed by atoms with E-state index in [1.807, 2.05) is 4.98 Å². The van der Waals surface area contributed by atoms with Crippen molar-refractivity contribution < 1.29 is 4.79 Å². The molecule has 1 heterocycles. The van der Waals surface area contributed by atoms with Crippen molar-refractivity contribution in [2.24, 2.45) is 5.73 Å². The van der Waals surface area contributed by atoms with Gasteiger partial charge in [-0.25, -0.2) is 9.59 Å². The first-order valence-corrected chi connectivity index (χ1v) is 4.31. The number of aromatic nitrogens is 2. The van der Waals surface area contributed by atoms with Gasteiger partial charge >= 0.3 is 11.7 Å². The largest absolute Gasteiger partial charge is 0.352 e. The van der Waals surface area contributed by atoms with E-state index >= 15 is 0 Å². The minimum absolute atomic E-state index is 0.118. The topological polar surface area (TPSA) is 134 Å². The third kappa shape index (κ3) is 2.71. The van der Waals surface area contributed by atoms with Crippen LogP contribution in [0.4, 0.5) is 4.79 Å². The first kappa shape index (κ1) is 11.5. The molecule has 1 rings (SSSR count). The average molecular weight is 223 g/mol. The summed E-state index contributed by atoms with van der Waals surface area (Å²) in [5.74, 6) is 0. The number of hydrogen-bond donors (Lipinski definition) is 3. The molecule has 4 N–H and O–H groups in total. The van der Waals surface area contributed by atoms with Gasteiger partial charge in [0.25, 0.3) is 5.56 Å². The number of nitrogens with one attached hydrogen (secondary N) is 2. The fourth-order valence-electron chi connectivity index (χ4n) is 1.05. The number of rotatable bonds is 3. The van der Waals surface area contributed by atoms with Gasteiger partial charge in [0.1, 0.15) is 11.6 Å². The summed E-state index contributed by atoms with van der Waals surface area (Å²) < 4.78 is 1.11. The van der Waals surface area contributed by atoms with Gasteiger partial charge in [0.2, 0.25) is 0 Å². The van der Waals surface area contributed by atoms with Crippen LogP contribution in [0.15, 0.2) is 15.8 Å². The molecule has 0 radical (unpaired) electrons. The van der Waals surface area contributed by atoms with Gasteiger partial charge in [0.05, 0.1) is 0 Å². The molecule has 0 aliphatic rings. The molecule has 1 aromatic heterocycles. The van der Waals surface area contributed by atoms with Crippen LogP contribution in [-0.4, -0.2) is 22.1 Å². The van der Waals surface area contributed by atoms with Crippen LogP contribution in [0, 0.1) is 11.3 Å². The third-order valence-corrected chi connectivity index (χ3v) is 1.78. The standard InChI is InChI=1S/C8H9N5O3/c9-3-5-4-13(2-1-11-7(10)15)8(16)12-6(5)14/h4H,1-2H2,(H3,10,11,15)(H,12,14,16). The molecule has 0 atom stereocenters. The van der Waals surface area contributed by atoms with Crippen molar-refractivity contribution in [2.45, 2.75) is 6.54 Å². The molecule has 8 heteroatoms. The predicted molar refractivity (Wildman–Crippen MR) is 53.6 cm³/mol. The van der Waals surface area contributed by atoms with Gasteiger partial charge in [-0.15, -0.1) is 0 Å². The number of nitrogens with two attached hydrogens (primary N) is 1. The van der Waals surface area contributed by atoms with E-state index in [-0.39, 0.29) is 18.7 Å². The summed E-state index contributed by atoms with van der Waals surface area (Å²) in [5, 5.41) is 10.8. The molecule has 16 heavy (non-hydrogen) atoms. The second-order valence-corrected chi connectivity index (χ2v) is 2.90. The number of H-pyrrole nitrogens is 1. The fourth-order valence-corrected chi connectivity index (χ4v) is 1.05. The lowest BCUT2D eigenvalue weighted by atomic mass is 10.4. The molecular weight excluding hydrogens is 214 g/mol. The Morgan fingerprint density at radius 1 is 1.62 bits per heavy atom. The zero-order valence-corrected chi connectivity index (χ0v) is 8.19. The Morgan fingerprint density at radius 3 is 2.88 bits per heavy atom. The number of nitrogens with zero attached hydrogens (tertiary/aromatic N) is 2. The van der Waals surface area contributed by atoms with Crippen molar-refractivity contribution in [3.8, 4) is 6.07 Å². The molecule has 8 nitrogen and oxygen atoms in total. The summed E-state index contributed by atoms with van der Waals surface area (Å²) >= 11 is 0. The van der Waals surface area contributed by atoms with Crippen LogP contribution in [0.25, 0.3) is 0 Å². The summed E-state index contributed by atoms with van der Waals surface area (Å²) in [6.45, 7) is 0.249. The number of carbonyl (C=O) groups is 1. The highest BCUT2D eigenvalue weighted by molar-refractivity contribution is 5.71. The maximum atomic E-state index is 11.2. The Hall–Kier alpha value is -2.56. The average Bonchev–Trinajstić information content (AvgIpc) is 2.20. The Bertz CT molecular complexity index is 550. The molecule has 0 bridgehead atoms. The summed E-state index contributed by atoms with van der Waals surface area (Å²) in [7, 11) is 0. The summed E-state index contributed by atoms with van der Waals surface area (Å²) in [5.41, 5.74) is 3.29. The van der Waals surface area contributed by atoms with Gasteiger partial charge in [0, 0.05) is 19.3 Å². The third-order valence-electron chi connectivity index (χ3n) is 1.78. The van der Waals surface area contributed by atoms with Crippen LogP contribution in [0.2, 0.25) is 0 Å². The first-order valence-electron chi connectivity index (χ1n) is 4.31. The Morgan fingerprint density at radius 2 is 2.31 bits per heavy atom. The Balaban J connectivity index is 2.89. The maximum Gasteiger partial charge on any atom is 0.328 e. The molecule has 0 unspecified atom stereocenters. The zero-order valence-electron chi connectivity index (χ0n) is 8.19. The monoisotopic (exact) mass is 223 g/mol. The van der Waals surface area contributed by atoms with Gasteiger partial charge in [-0.1, -0.05) is 0 Å². The summed E-state index contributed by atoms with van der Waals surface area (Å²) in [6, 6.07) is 0.936. The van der Waals surface area contributed by atoms with E-state index in [0.717, 1.165) is 10.8 Å². The number of primary amides is 1. The minimum Gasteiger partial charge on any atom is -0.352 e. The second kappa shape index (κ2) is 4.79. The van der Waals surface area contributed by atoms with Crippen molar-refractivity contribution >= 4 is 6.03 Å². The van der Waals surface area contributed by atoms with Crippen LogP contribution in [-0.2, 0) is 6.54 Å². The molecule has 0 aromatic carbocycles. The molecule has 84 valence electrons. The van der Waals surface area contributed by atoms with Crippen LogP contribution < -0.4 is 22.3 Å². The normalized spacial score (nSPS) is 9.44. The van der Waals surface area contributed by atoms with Gasteiger partial charge in [-0.05, 0) is 0 Å². The summed E-state index contributed by atoms with van der Waals surface area (Å²) in [6.07, 6.45) is 1.13. The number of nitriles is 1. The van der Waals surface area contributed by atoms with Gasteiger partial charge < -0.3 is 11.1 Å². The number of hydrogen-bond acceptors (Lipinski definition) is 4. The van der Waals surface area contributed by atoms with E-state index in [1.165, 1.54) is 0 Å². The minimum atomic E-state index is -0.730. The fraction of sp³-hybridized carbons (Fsp3) is 0.250. The molecule has 0 saturated carbocycles. The van der Waals surface area contributed by atoms with Crippen LogP contribution in [0.5, 0.6) is 0 Å². The van der Waals surface area contributed by atoms with E-state index in [4.69, 9.17) is 11.0 Å². The lowest BCUT2D eigenvalue weighted by molar-refractivity contribution is 0.248. The van der Waals surface area contributed by atoms with Crippen LogP contribution in [0.3, 0.4) is 0 Å². The van der Waals surface area contributed by atoms with Gasteiger partial charge in [-0.3, -0.25) is 14.3 Å². The predicted octanol–water partition coefficient (Wildman–Crippen LogP) is -1.92. The van der Waals surface area contributed by atoms with E-state index in [2.05, 4.69) is 5.32 Å². The molecular formula is C8H9N5O3. The number of urea groups is 1. The molecule has 0 spiro atoms. The number of amides is 2. The van der Waals surface area contributed by atoms with Crippen molar-refractivity contribution in [2.75, 3.05) is 6.54 Å². The summed E-state index contributed by atoms with van der Waals surface area (Å²) in [4.78, 5) is 34.6. The molecule has 1 aromatic rings. The highest BCUT2D eigenvalue weighted by atomic mass is 16.2. The SMILES string of the molecule is N#Cc1cn(CCNC(N)=O)c(=O)[nH]c1=O. The Kier molecular flexibility index (Phi) is 3.45. The van der Waals surface area contributed by atoms with Crippen molar-refractivity contribution in [3.05, 3.63) is 32.6 Å². The number of carbonyl (C=O) groups excluding carboxylic acids is 1. The lowest BCUT2D eigenvalue weighted by Crippen LogP contribution is -2.36. The van der Waals surface area contributed by atoms with E-state index < -0.39 is 17.3 Å². The van der Waals surface area contributed by atoms with E-state index in [9.17, 15) is 14.4 Å². The molecule has 0 aliphatic carbocycles. The van der Waals surface area contributed by atoms with Gasteiger partial charge in [0.15, 0.2) is 0 Å². The highest BCUT2D eigenvalue weighted by Crippen LogP contribution is 1.84. The lowest BCUT2D eigenvalue weighted by Gasteiger charge is -2.04. The molecule has 0 saturated heterocycles. The van der Waals surface area contributed by atoms with E-state index in [0.29, 0.717) is 0 Å². The van der Waals surface area contributed by atoms with Gasteiger partial charge in [-0.2, -0.15) is 5.26 Å². The molecule has 0 aliphatic heterocycles. The first-order chi connectivity index (χ1) is 7.54. The highest BCUT2D eigenvalue weighted by Gasteiger charge is 2.03. The smallest absolute Gasteiger partial charge is 0.328 e. The van der Waals surface area contributed by atoms with Crippen LogP contribution >= 0.6 is 0 Å². The molecule has 2 amide bonds. The molecule has 0 fully saturated rings. The second-order valence-electron chi connectivity index (χ2n) is 2.90. The van der Waals surface area contributed by atoms with Crippen LogP contribution in [0.1, 0.15) is 5.56 Å². The quantitative estimate of drug-likeness (QED) is 0.550. The van der Waals surface area contributed by atoms with Crippen molar-refractivity contribution in [1.29, 1.82) is 5.26 Å². The Labute approximate surface area is 89.3 Å². The van der Waals surface area contributed by atoms with Crippen molar-refractivity contribution in [3.63, 3.8) is 0 Å². The number of aromatic amines is 1.